The number of nitrogens with zero attached hydrogens (tertiary/aromatic N) is 1. The highest BCUT2D eigenvalue weighted by atomic mass is 16.6. The lowest BCUT2D eigenvalue weighted by molar-refractivity contribution is -0.342. The number of ether oxygens (including phenoxy) is 2. The highest BCUT2D eigenvalue weighted by molar-refractivity contribution is 5.34. The van der Waals surface area contributed by atoms with Crippen LogP contribution in [0.4, 0.5) is 5.88 Å². The van der Waals surface area contributed by atoms with E-state index >= 15 is 0 Å². The zero-order chi connectivity index (χ0) is 12.8. The molecular formula is C10H15N3O5. The Kier molecular flexibility index (Phi) is 2.57. The summed E-state index contributed by atoms with van der Waals surface area (Å²) in [4.78, 5) is 0. The van der Waals surface area contributed by atoms with Crippen LogP contribution in [-0.4, -0.2) is 58.7 Å². The van der Waals surface area contributed by atoms with Gasteiger partial charge in [-0.15, -0.1) is 0 Å². The monoisotopic (exact) mass is 257 g/mol. The van der Waals surface area contributed by atoms with Gasteiger partial charge in [0.25, 0.3) is 0 Å². The van der Waals surface area contributed by atoms with E-state index in [1.54, 1.807) is 6.07 Å². The van der Waals surface area contributed by atoms with Crippen LogP contribution < -0.4 is 11.1 Å². The van der Waals surface area contributed by atoms with Gasteiger partial charge >= 0.3 is 0 Å². The molecule has 3 aliphatic heterocycles. The Morgan fingerprint density at radius 3 is 2.78 bits per heavy atom. The van der Waals surface area contributed by atoms with Crippen molar-refractivity contribution in [3.63, 3.8) is 0 Å². The lowest BCUT2D eigenvalue weighted by Gasteiger charge is -2.57. The fraction of sp³-hybridized carbons (Fsp3) is 0.700. The molecule has 4 rings (SSSR count). The summed E-state index contributed by atoms with van der Waals surface area (Å²) in [6, 6.07) is 1.58. The molecule has 3 aliphatic rings. The van der Waals surface area contributed by atoms with E-state index in [4.69, 9.17) is 19.7 Å². The van der Waals surface area contributed by atoms with Crippen molar-refractivity contribution < 1.29 is 24.2 Å². The second kappa shape index (κ2) is 3.90. The quantitative estimate of drug-likeness (QED) is 0.503. The van der Waals surface area contributed by atoms with E-state index in [-0.39, 0.29) is 19.8 Å². The van der Waals surface area contributed by atoms with E-state index in [1.165, 1.54) is 6.20 Å². The summed E-state index contributed by atoms with van der Waals surface area (Å²) in [5.41, 5.74) is 3.30. The second-order valence-corrected chi connectivity index (χ2v) is 4.63. The number of rotatable bonds is 3. The summed E-state index contributed by atoms with van der Waals surface area (Å²) in [7, 11) is 0. The van der Waals surface area contributed by atoms with E-state index in [1.807, 2.05) is 0 Å². The molecule has 4 atom stereocenters. The molecule has 2 bridgehead atoms. The van der Waals surface area contributed by atoms with Crippen LogP contribution >= 0.6 is 0 Å². The number of aliphatic hydroxyl groups excluding tert-OH is 2. The summed E-state index contributed by atoms with van der Waals surface area (Å²) in [5.74, 6) is 0.326. The van der Waals surface area contributed by atoms with Crippen molar-refractivity contribution in [1.82, 2.24) is 5.16 Å². The molecule has 3 saturated heterocycles. The van der Waals surface area contributed by atoms with Gasteiger partial charge in [-0.05, 0) is 0 Å². The largest absolute Gasteiger partial charge is 0.387 e. The van der Waals surface area contributed by atoms with Gasteiger partial charge in [0.1, 0.15) is 17.8 Å². The van der Waals surface area contributed by atoms with Gasteiger partial charge in [0.15, 0.2) is 5.72 Å². The van der Waals surface area contributed by atoms with Crippen LogP contribution in [0, 0.1) is 0 Å². The number of nitrogens with one attached hydrogen (secondary N) is 1. The smallest absolute Gasteiger partial charge is 0.226 e. The van der Waals surface area contributed by atoms with Gasteiger partial charge in [-0.3, -0.25) is 0 Å². The van der Waals surface area contributed by atoms with Crippen molar-refractivity contribution in [3.8, 4) is 0 Å². The lowest BCUT2D eigenvalue weighted by Crippen LogP contribution is -2.78. The zero-order valence-electron chi connectivity index (χ0n) is 9.57. The predicted octanol–water partition coefficient (Wildman–Crippen LogP) is -1.74. The van der Waals surface area contributed by atoms with E-state index in [0.29, 0.717) is 5.88 Å². The number of aromatic nitrogens is 1. The molecule has 0 saturated carbocycles. The maximum atomic E-state index is 10.2. The molecule has 8 heteroatoms. The van der Waals surface area contributed by atoms with Crippen molar-refractivity contribution in [2.24, 2.45) is 5.73 Å². The first-order chi connectivity index (χ1) is 8.62. The normalized spacial score (nSPS) is 43.1. The van der Waals surface area contributed by atoms with Gasteiger partial charge in [0.05, 0.1) is 19.4 Å². The fourth-order valence-corrected chi connectivity index (χ4v) is 2.34. The Hall–Kier alpha value is -1.19. The number of fused-ring (bicyclic) bond motifs is 3. The molecule has 8 nitrogen and oxygen atoms in total. The summed E-state index contributed by atoms with van der Waals surface area (Å²) >= 11 is 0. The second-order valence-electron chi connectivity index (χ2n) is 4.63. The predicted molar refractivity (Wildman–Crippen MR) is 58.6 cm³/mol. The van der Waals surface area contributed by atoms with Crippen molar-refractivity contribution in [2.45, 2.75) is 23.5 Å². The molecule has 0 radical (unpaired) electrons. The molecule has 100 valence electrons. The third-order valence-electron chi connectivity index (χ3n) is 3.58. The molecule has 4 heterocycles. The maximum absolute atomic E-state index is 10.2. The topological polar surface area (TPSA) is 123 Å². The Bertz CT molecular complexity index is 415. The fourth-order valence-electron chi connectivity index (χ4n) is 2.34. The van der Waals surface area contributed by atoms with Crippen LogP contribution in [0.2, 0.25) is 0 Å². The molecule has 3 fully saturated rings. The molecule has 0 aromatic carbocycles. The molecule has 5 N–H and O–H groups in total. The number of nitrogens with two attached hydrogens (primary N) is 1. The molecule has 1 aromatic heterocycles. The Morgan fingerprint density at radius 2 is 2.22 bits per heavy atom. The first-order valence-corrected chi connectivity index (χ1v) is 5.65. The number of hydrogen-bond acceptors (Lipinski definition) is 8. The average molecular weight is 257 g/mol. The van der Waals surface area contributed by atoms with E-state index in [2.05, 4.69) is 10.5 Å². The minimum atomic E-state index is -1.24. The van der Waals surface area contributed by atoms with Crippen LogP contribution in [0.1, 0.15) is 0 Å². The molecule has 0 aliphatic carbocycles. The maximum Gasteiger partial charge on any atom is 0.226 e. The number of hydrogen-bond donors (Lipinski definition) is 4. The van der Waals surface area contributed by atoms with Crippen LogP contribution in [0.5, 0.6) is 0 Å². The zero-order valence-corrected chi connectivity index (χ0v) is 9.57. The Labute approximate surface area is 103 Å². The lowest BCUT2D eigenvalue weighted by atomic mass is 9.81. The van der Waals surface area contributed by atoms with Crippen molar-refractivity contribution in [1.29, 1.82) is 0 Å². The van der Waals surface area contributed by atoms with Crippen LogP contribution in [0.3, 0.4) is 0 Å². The molecular weight excluding hydrogens is 242 g/mol. The molecule has 18 heavy (non-hydrogen) atoms. The summed E-state index contributed by atoms with van der Waals surface area (Å²) < 4.78 is 16.1. The standard InChI is InChI=1S/C10H15N3O5/c11-3-9-4-17-10(5-16-9,8(15)7(9)14)13-6-1-2-12-18-6/h1-2,7-8,13-15H,3-5,11H2. The Balaban J connectivity index is 1.86. The number of aliphatic hydroxyl groups is 2. The van der Waals surface area contributed by atoms with Gasteiger partial charge in [-0.1, -0.05) is 5.16 Å². The summed E-state index contributed by atoms with van der Waals surface area (Å²) in [6.07, 6.45) is -0.840. The SMILES string of the molecule is NCC12COC(Nc3ccno3)(CO1)C(O)C2O. The van der Waals surface area contributed by atoms with E-state index in [9.17, 15) is 10.2 Å². The number of anilines is 1. The highest BCUT2D eigenvalue weighted by Crippen LogP contribution is 2.40. The van der Waals surface area contributed by atoms with Gasteiger partial charge in [0.2, 0.25) is 5.88 Å². The first kappa shape index (κ1) is 11.9. The molecule has 0 spiro atoms. The van der Waals surface area contributed by atoms with Crippen LogP contribution in [-0.2, 0) is 9.47 Å². The van der Waals surface area contributed by atoms with Gasteiger partial charge < -0.3 is 35.3 Å². The van der Waals surface area contributed by atoms with Crippen LogP contribution in [0.15, 0.2) is 16.8 Å². The minimum absolute atomic E-state index is 0.0587. The highest BCUT2D eigenvalue weighted by Gasteiger charge is 2.62. The summed E-state index contributed by atoms with van der Waals surface area (Å²) in [5, 5.41) is 26.7. The first-order valence-electron chi connectivity index (χ1n) is 5.65. The molecule has 1 aromatic rings. The molecule has 4 unspecified atom stereocenters. The van der Waals surface area contributed by atoms with E-state index in [0.717, 1.165) is 0 Å². The van der Waals surface area contributed by atoms with Crippen molar-refractivity contribution >= 4 is 5.88 Å². The third-order valence-corrected chi connectivity index (χ3v) is 3.58. The van der Waals surface area contributed by atoms with Crippen molar-refractivity contribution in [3.05, 3.63) is 12.3 Å². The van der Waals surface area contributed by atoms with Crippen LogP contribution in [0.25, 0.3) is 0 Å². The Morgan fingerprint density at radius 1 is 1.39 bits per heavy atom. The van der Waals surface area contributed by atoms with Crippen molar-refractivity contribution in [2.75, 3.05) is 25.1 Å². The van der Waals surface area contributed by atoms with E-state index < -0.39 is 23.5 Å². The third kappa shape index (κ3) is 1.47. The van der Waals surface area contributed by atoms with Gasteiger partial charge in [-0.25, -0.2) is 0 Å². The molecule has 0 amide bonds. The minimum Gasteiger partial charge on any atom is -0.387 e. The summed E-state index contributed by atoms with van der Waals surface area (Å²) in [6.45, 7) is 0.232. The van der Waals surface area contributed by atoms with Gasteiger partial charge in [-0.2, -0.15) is 0 Å². The average Bonchev–Trinajstić information content (AvgIpc) is 2.89. The van der Waals surface area contributed by atoms with Gasteiger partial charge in [0, 0.05) is 12.6 Å².